The molecule has 0 saturated heterocycles. The Bertz CT molecular complexity index is 753. The topological polar surface area (TPSA) is 41.6 Å². The van der Waals surface area contributed by atoms with Gasteiger partial charge in [-0.1, -0.05) is 18.0 Å². The van der Waals surface area contributed by atoms with Gasteiger partial charge in [-0.3, -0.25) is 4.79 Å². The number of hydrogen-bond acceptors (Lipinski definition) is 4. The Hall–Kier alpha value is -2.21. The molecule has 2 aliphatic rings. The van der Waals surface area contributed by atoms with Crippen LogP contribution in [0.4, 0.5) is 4.39 Å². The van der Waals surface area contributed by atoms with Crippen LogP contribution in [0.2, 0.25) is 0 Å². The molecule has 0 saturated carbocycles. The predicted octanol–water partition coefficient (Wildman–Crippen LogP) is 3.31. The summed E-state index contributed by atoms with van der Waals surface area (Å²) in [5, 5.41) is 2.68. The Balaban J connectivity index is 2.00. The van der Waals surface area contributed by atoms with E-state index in [9.17, 15) is 9.18 Å². The molecule has 1 atom stereocenters. The van der Waals surface area contributed by atoms with Crippen LogP contribution >= 0.6 is 11.9 Å². The second kappa shape index (κ2) is 6.73. The average Bonchev–Trinajstić information content (AvgIpc) is 2.99. The molecule has 24 heavy (non-hydrogen) atoms. The van der Waals surface area contributed by atoms with Crippen molar-refractivity contribution in [3.63, 3.8) is 0 Å². The number of ether oxygens (including phenoxy) is 1. The summed E-state index contributed by atoms with van der Waals surface area (Å²) in [7, 11) is 3.59. The van der Waals surface area contributed by atoms with Crippen molar-refractivity contribution >= 4 is 23.6 Å². The fraction of sp³-hybridized carbons (Fsp3) is 0.278. The van der Waals surface area contributed by atoms with Crippen molar-refractivity contribution in [1.82, 2.24) is 9.62 Å². The number of carbonyl (C=O) groups excluding carboxylic acids is 1. The first-order valence-electron chi connectivity index (χ1n) is 7.64. The molecule has 1 unspecified atom stereocenters. The highest BCUT2D eigenvalue weighted by Crippen LogP contribution is 2.44. The Morgan fingerprint density at radius 2 is 2.08 bits per heavy atom. The van der Waals surface area contributed by atoms with Crippen molar-refractivity contribution in [1.29, 1.82) is 0 Å². The first-order valence-corrected chi connectivity index (χ1v) is 8.83. The molecule has 1 aliphatic carbocycles. The molecule has 0 aromatic heterocycles. The van der Waals surface area contributed by atoms with E-state index in [0.29, 0.717) is 23.3 Å². The van der Waals surface area contributed by atoms with Crippen LogP contribution in [-0.4, -0.2) is 30.6 Å². The Morgan fingerprint density at radius 3 is 2.71 bits per heavy atom. The maximum absolute atomic E-state index is 13.2. The van der Waals surface area contributed by atoms with Gasteiger partial charge in [0, 0.05) is 37.7 Å². The number of amides is 1. The van der Waals surface area contributed by atoms with Gasteiger partial charge in [0.05, 0.1) is 11.5 Å². The maximum atomic E-state index is 13.2. The highest BCUT2D eigenvalue weighted by molar-refractivity contribution is 7.96. The molecule has 0 bridgehead atoms. The maximum Gasteiger partial charge on any atom is 0.251 e. The summed E-state index contributed by atoms with van der Waals surface area (Å²) in [5.74, 6) is 0.668. The van der Waals surface area contributed by atoms with Crippen LogP contribution in [-0.2, 0) is 9.53 Å². The van der Waals surface area contributed by atoms with Crippen LogP contribution < -0.4 is 5.32 Å². The first-order chi connectivity index (χ1) is 11.5. The summed E-state index contributed by atoms with van der Waals surface area (Å²) in [4.78, 5) is 12.4. The largest absolute Gasteiger partial charge is 0.460 e. The highest BCUT2D eigenvalue weighted by atomic mass is 32.2. The van der Waals surface area contributed by atoms with Gasteiger partial charge in [-0.2, -0.15) is 0 Å². The summed E-state index contributed by atoms with van der Waals surface area (Å²) >= 11 is 1.61. The zero-order valence-corrected chi connectivity index (χ0v) is 14.6. The zero-order valence-electron chi connectivity index (χ0n) is 13.8. The number of hydrogen-bond donors (Lipinski definition) is 1. The molecule has 1 aromatic rings. The lowest BCUT2D eigenvalue weighted by Crippen LogP contribution is -2.25. The average molecular weight is 346 g/mol. The van der Waals surface area contributed by atoms with Crippen LogP contribution in [0, 0.1) is 11.7 Å². The van der Waals surface area contributed by atoms with Gasteiger partial charge in [0.15, 0.2) is 0 Å². The minimum Gasteiger partial charge on any atom is -0.460 e. The third-order valence-corrected chi connectivity index (χ3v) is 4.98. The Morgan fingerprint density at radius 1 is 1.38 bits per heavy atom. The predicted molar refractivity (Wildman–Crippen MR) is 94.0 cm³/mol. The van der Waals surface area contributed by atoms with Gasteiger partial charge in [-0.25, -0.2) is 4.39 Å². The standard InChI is InChI=1S/C18H19FN2O2S/c1-20-18(22)16-14-9-8-13(21(2)24-3)10-15(14)23-17(16)11-4-6-12(19)7-5-11/h4-8,10,14H,9H2,1-3H3,(H,20,22). The zero-order chi connectivity index (χ0) is 17.3. The van der Waals surface area contributed by atoms with E-state index in [1.54, 1.807) is 31.1 Å². The van der Waals surface area contributed by atoms with E-state index in [4.69, 9.17) is 4.74 Å². The lowest BCUT2D eigenvalue weighted by atomic mass is 9.89. The smallest absolute Gasteiger partial charge is 0.251 e. The fourth-order valence-electron chi connectivity index (χ4n) is 2.89. The molecule has 1 aromatic carbocycles. The normalized spacial score (nSPS) is 19.2. The van der Waals surface area contributed by atoms with Crippen molar-refractivity contribution < 1.29 is 13.9 Å². The Labute approximate surface area is 145 Å². The minimum absolute atomic E-state index is 0.107. The van der Waals surface area contributed by atoms with E-state index < -0.39 is 0 Å². The number of nitrogens with one attached hydrogen (secondary N) is 1. The van der Waals surface area contributed by atoms with Gasteiger partial charge in [0.2, 0.25) is 0 Å². The number of fused-ring (bicyclic) bond motifs is 1. The molecular formula is C18H19FN2O2S. The van der Waals surface area contributed by atoms with Gasteiger partial charge in [-0.05, 0) is 30.7 Å². The molecule has 0 spiro atoms. The van der Waals surface area contributed by atoms with E-state index in [1.165, 1.54) is 12.1 Å². The van der Waals surface area contributed by atoms with Crippen molar-refractivity contribution in [2.75, 3.05) is 20.4 Å². The second-order valence-electron chi connectivity index (χ2n) is 5.57. The van der Waals surface area contributed by atoms with Gasteiger partial charge in [0.25, 0.3) is 5.91 Å². The van der Waals surface area contributed by atoms with Crippen molar-refractivity contribution in [2.24, 2.45) is 5.92 Å². The first kappa shape index (κ1) is 16.6. The van der Waals surface area contributed by atoms with Gasteiger partial charge in [-0.15, -0.1) is 0 Å². The molecular weight excluding hydrogens is 327 g/mol. The number of carbonyl (C=O) groups is 1. The third-order valence-electron chi connectivity index (χ3n) is 4.22. The summed E-state index contributed by atoms with van der Waals surface area (Å²) in [6.45, 7) is 0. The van der Waals surface area contributed by atoms with E-state index in [0.717, 1.165) is 11.5 Å². The molecule has 126 valence electrons. The molecule has 6 heteroatoms. The number of rotatable bonds is 4. The van der Waals surface area contributed by atoms with Gasteiger partial charge < -0.3 is 14.4 Å². The van der Waals surface area contributed by atoms with Crippen LogP contribution in [0.5, 0.6) is 0 Å². The number of allylic oxidation sites excluding steroid dienone is 3. The van der Waals surface area contributed by atoms with E-state index in [1.807, 2.05) is 23.7 Å². The molecule has 0 radical (unpaired) electrons. The van der Waals surface area contributed by atoms with Crippen molar-refractivity contribution in [2.45, 2.75) is 6.42 Å². The number of likely N-dealkylation sites (N-methyl/N-ethyl adjacent to an activating group) is 2. The molecule has 3 rings (SSSR count). The molecule has 1 amide bonds. The van der Waals surface area contributed by atoms with Crippen LogP contribution in [0.15, 0.2) is 53.4 Å². The van der Waals surface area contributed by atoms with E-state index in [2.05, 4.69) is 11.4 Å². The summed E-state index contributed by atoms with van der Waals surface area (Å²) in [6.07, 6.45) is 6.76. The molecule has 1 N–H and O–H groups in total. The van der Waals surface area contributed by atoms with E-state index in [-0.39, 0.29) is 17.6 Å². The number of benzene rings is 1. The lowest BCUT2D eigenvalue weighted by Gasteiger charge is -2.23. The summed E-state index contributed by atoms with van der Waals surface area (Å²) < 4.78 is 21.3. The minimum atomic E-state index is -0.318. The second-order valence-corrected chi connectivity index (χ2v) is 6.49. The van der Waals surface area contributed by atoms with Crippen LogP contribution in [0.1, 0.15) is 12.0 Å². The van der Waals surface area contributed by atoms with Crippen molar-refractivity contribution in [3.05, 3.63) is 64.8 Å². The monoisotopic (exact) mass is 346 g/mol. The summed E-state index contributed by atoms with van der Waals surface area (Å²) in [6, 6.07) is 6.01. The van der Waals surface area contributed by atoms with Gasteiger partial charge in [0.1, 0.15) is 17.3 Å². The van der Waals surface area contributed by atoms with Crippen molar-refractivity contribution in [3.8, 4) is 0 Å². The van der Waals surface area contributed by atoms with E-state index >= 15 is 0 Å². The fourth-order valence-corrected chi connectivity index (χ4v) is 3.23. The number of nitrogens with zero attached hydrogens (tertiary/aromatic N) is 1. The van der Waals surface area contributed by atoms with Gasteiger partial charge >= 0.3 is 0 Å². The lowest BCUT2D eigenvalue weighted by molar-refractivity contribution is -0.117. The quantitative estimate of drug-likeness (QED) is 0.850. The molecule has 1 aliphatic heterocycles. The SMILES string of the molecule is CNC(=O)C1=C(c2ccc(F)cc2)OC2=CC(N(C)SC)=CCC21. The molecule has 4 nitrogen and oxygen atoms in total. The van der Waals surface area contributed by atoms with Crippen LogP contribution in [0.3, 0.4) is 0 Å². The Kier molecular flexibility index (Phi) is 4.66. The highest BCUT2D eigenvalue weighted by Gasteiger charge is 2.38. The molecule has 1 heterocycles. The summed E-state index contributed by atoms with van der Waals surface area (Å²) in [5.41, 5.74) is 2.34. The van der Waals surface area contributed by atoms with Crippen LogP contribution in [0.25, 0.3) is 5.76 Å². The molecule has 0 fully saturated rings. The number of halogens is 1. The third kappa shape index (κ3) is 2.94.